The molecule has 6 nitrogen and oxygen atoms in total. The van der Waals surface area contributed by atoms with Gasteiger partial charge in [0.2, 0.25) is 5.91 Å². The third kappa shape index (κ3) is 3.62. The number of hydrogen-bond acceptors (Lipinski definition) is 5. The van der Waals surface area contributed by atoms with E-state index in [1.54, 1.807) is 5.06 Å². The van der Waals surface area contributed by atoms with E-state index in [1.165, 1.54) is 18.4 Å². The highest BCUT2D eigenvalue weighted by Crippen LogP contribution is 2.40. The number of likely N-dealkylation sites (N-methyl/N-ethyl adjacent to an activating group) is 1. The van der Waals surface area contributed by atoms with E-state index in [0.29, 0.717) is 5.92 Å². The van der Waals surface area contributed by atoms with Gasteiger partial charge in [-0.2, -0.15) is 5.06 Å². The van der Waals surface area contributed by atoms with Gasteiger partial charge in [-0.05, 0) is 24.3 Å². The predicted molar refractivity (Wildman–Crippen MR) is 90.6 cm³/mol. The van der Waals surface area contributed by atoms with Crippen LogP contribution in [0.5, 0.6) is 0 Å². The summed E-state index contributed by atoms with van der Waals surface area (Å²) in [4.78, 5) is 18.4. The van der Waals surface area contributed by atoms with Crippen molar-refractivity contribution < 1.29 is 9.63 Å². The van der Waals surface area contributed by atoms with Crippen molar-refractivity contribution in [1.82, 2.24) is 20.8 Å². The van der Waals surface area contributed by atoms with Crippen LogP contribution < -0.4 is 10.7 Å². The number of rotatable bonds is 5. The van der Waals surface area contributed by atoms with Crippen molar-refractivity contribution in [3.05, 3.63) is 35.9 Å². The van der Waals surface area contributed by atoms with Gasteiger partial charge in [0, 0.05) is 33.1 Å². The maximum atomic E-state index is 12.6. The van der Waals surface area contributed by atoms with Gasteiger partial charge in [0.15, 0.2) is 0 Å². The molecule has 130 valence electrons. The minimum Gasteiger partial charge on any atom is -0.349 e. The first-order chi connectivity index (χ1) is 11.7. The highest BCUT2D eigenvalue weighted by Gasteiger charge is 2.44. The van der Waals surface area contributed by atoms with Crippen molar-refractivity contribution >= 4 is 5.91 Å². The topological polar surface area (TPSA) is 56.8 Å². The van der Waals surface area contributed by atoms with Gasteiger partial charge in [0.1, 0.15) is 6.04 Å². The predicted octanol–water partition coefficient (Wildman–Crippen LogP) is 0.906. The smallest absolute Gasteiger partial charge is 0.240 e. The maximum absolute atomic E-state index is 12.6. The Hall–Kier alpha value is -1.47. The lowest BCUT2D eigenvalue weighted by Gasteiger charge is -2.20. The first-order valence-corrected chi connectivity index (χ1v) is 8.91. The Bertz CT molecular complexity index is 578. The molecule has 1 aromatic carbocycles. The van der Waals surface area contributed by atoms with Gasteiger partial charge in [0.25, 0.3) is 0 Å². The number of nitrogens with zero attached hydrogens (tertiary/aromatic N) is 2. The van der Waals surface area contributed by atoms with Gasteiger partial charge in [-0.25, -0.2) is 5.01 Å². The molecule has 0 bridgehead atoms. The first-order valence-electron chi connectivity index (χ1n) is 8.91. The second-order valence-corrected chi connectivity index (χ2v) is 7.21. The SMILES string of the molecule is CN1OC(C2CC2)CC1C(=O)NC1CNN(Cc2ccccc2)C1. The lowest BCUT2D eigenvalue weighted by molar-refractivity contribution is -0.159. The molecular formula is C18H26N4O2. The fraction of sp³-hybridized carbons (Fsp3) is 0.611. The highest BCUT2D eigenvalue weighted by molar-refractivity contribution is 5.82. The molecule has 3 unspecified atom stereocenters. The van der Waals surface area contributed by atoms with Crippen LogP contribution in [0.1, 0.15) is 24.8 Å². The second kappa shape index (κ2) is 6.80. The largest absolute Gasteiger partial charge is 0.349 e. The Morgan fingerprint density at radius 3 is 2.88 bits per heavy atom. The number of benzene rings is 1. The molecule has 3 aliphatic rings. The van der Waals surface area contributed by atoms with Gasteiger partial charge < -0.3 is 5.32 Å². The van der Waals surface area contributed by atoms with E-state index in [1.807, 2.05) is 13.1 Å². The molecule has 2 N–H and O–H groups in total. The summed E-state index contributed by atoms with van der Waals surface area (Å²) in [6.07, 6.45) is 3.55. The van der Waals surface area contributed by atoms with Crippen LogP contribution in [-0.2, 0) is 16.2 Å². The standard InChI is InChI=1S/C18H26N4O2/c1-21-16(9-17(24-21)14-7-8-14)18(23)20-15-10-19-22(12-15)11-13-5-3-2-4-6-13/h2-6,14-17,19H,7-12H2,1H3,(H,20,23). The Morgan fingerprint density at radius 2 is 2.12 bits per heavy atom. The molecule has 2 saturated heterocycles. The Balaban J connectivity index is 1.26. The summed E-state index contributed by atoms with van der Waals surface area (Å²) in [5.74, 6) is 0.758. The van der Waals surface area contributed by atoms with Crippen molar-refractivity contribution in [3.8, 4) is 0 Å². The van der Waals surface area contributed by atoms with E-state index in [-0.39, 0.29) is 24.1 Å². The first kappa shape index (κ1) is 16.0. The molecule has 1 aromatic rings. The lowest BCUT2D eigenvalue weighted by atomic mass is 10.1. The lowest BCUT2D eigenvalue weighted by Crippen LogP contribution is -2.47. The summed E-state index contributed by atoms with van der Waals surface area (Å²) in [6.45, 7) is 2.45. The third-order valence-electron chi connectivity index (χ3n) is 5.21. The molecule has 0 radical (unpaired) electrons. The van der Waals surface area contributed by atoms with Crippen LogP contribution >= 0.6 is 0 Å². The van der Waals surface area contributed by atoms with E-state index >= 15 is 0 Å². The fourth-order valence-corrected chi connectivity index (χ4v) is 3.67. The Labute approximate surface area is 143 Å². The molecule has 1 saturated carbocycles. The summed E-state index contributed by atoms with van der Waals surface area (Å²) >= 11 is 0. The minimum absolute atomic E-state index is 0.0917. The quantitative estimate of drug-likeness (QED) is 0.840. The number of nitrogens with one attached hydrogen (secondary N) is 2. The maximum Gasteiger partial charge on any atom is 0.240 e. The fourth-order valence-electron chi connectivity index (χ4n) is 3.67. The van der Waals surface area contributed by atoms with E-state index in [0.717, 1.165) is 26.1 Å². The molecule has 6 heteroatoms. The van der Waals surface area contributed by atoms with Crippen LogP contribution in [-0.4, -0.2) is 54.3 Å². The van der Waals surface area contributed by atoms with Gasteiger partial charge >= 0.3 is 0 Å². The average Bonchev–Trinajstić information content (AvgIpc) is 3.23. The molecule has 4 rings (SSSR count). The summed E-state index contributed by atoms with van der Waals surface area (Å²) in [5, 5.41) is 7.10. The van der Waals surface area contributed by atoms with Gasteiger partial charge in [-0.1, -0.05) is 30.3 Å². The van der Waals surface area contributed by atoms with Crippen LogP contribution in [0.15, 0.2) is 30.3 Å². The van der Waals surface area contributed by atoms with Crippen LogP contribution in [0.4, 0.5) is 0 Å². The number of amides is 1. The van der Waals surface area contributed by atoms with Crippen molar-refractivity contribution in [3.63, 3.8) is 0 Å². The van der Waals surface area contributed by atoms with E-state index in [9.17, 15) is 4.79 Å². The van der Waals surface area contributed by atoms with Crippen LogP contribution in [0.2, 0.25) is 0 Å². The third-order valence-corrected chi connectivity index (χ3v) is 5.21. The number of hydrazine groups is 1. The van der Waals surface area contributed by atoms with Crippen molar-refractivity contribution in [2.75, 3.05) is 20.1 Å². The summed E-state index contributed by atoms with van der Waals surface area (Å²) in [5.41, 5.74) is 4.64. The zero-order chi connectivity index (χ0) is 16.5. The normalized spacial score (nSPS) is 31.5. The molecule has 1 aliphatic carbocycles. The summed E-state index contributed by atoms with van der Waals surface area (Å²) in [7, 11) is 1.88. The molecule has 0 aromatic heterocycles. The molecule has 0 spiro atoms. The number of carbonyl (C=O) groups excluding carboxylic acids is 1. The van der Waals surface area contributed by atoms with E-state index < -0.39 is 0 Å². The number of hydrogen-bond donors (Lipinski definition) is 2. The molecular weight excluding hydrogens is 304 g/mol. The zero-order valence-corrected chi connectivity index (χ0v) is 14.1. The van der Waals surface area contributed by atoms with Gasteiger partial charge in [-0.15, -0.1) is 0 Å². The molecule has 1 amide bonds. The van der Waals surface area contributed by atoms with Gasteiger partial charge in [-0.3, -0.25) is 15.1 Å². The summed E-state index contributed by atoms with van der Waals surface area (Å²) in [6, 6.07) is 10.4. The second-order valence-electron chi connectivity index (χ2n) is 7.21. The molecule has 3 fully saturated rings. The van der Waals surface area contributed by atoms with Crippen LogP contribution in [0.3, 0.4) is 0 Å². The highest BCUT2D eigenvalue weighted by atomic mass is 16.7. The number of carbonyl (C=O) groups is 1. The molecule has 2 aliphatic heterocycles. The Morgan fingerprint density at radius 1 is 1.33 bits per heavy atom. The average molecular weight is 330 g/mol. The van der Waals surface area contributed by atoms with Crippen LogP contribution in [0.25, 0.3) is 0 Å². The molecule has 3 atom stereocenters. The van der Waals surface area contributed by atoms with Crippen molar-refractivity contribution in [1.29, 1.82) is 0 Å². The van der Waals surface area contributed by atoms with E-state index in [4.69, 9.17) is 4.84 Å². The Kier molecular flexibility index (Phi) is 4.54. The summed E-state index contributed by atoms with van der Waals surface area (Å²) < 4.78 is 0. The van der Waals surface area contributed by atoms with E-state index in [2.05, 4.69) is 40.0 Å². The van der Waals surface area contributed by atoms with Gasteiger partial charge in [0.05, 0.1) is 12.1 Å². The monoisotopic (exact) mass is 330 g/mol. The van der Waals surface area contributed by atoms with Crippen LogP contribution in [0, 0.1) is 5.92 Å². The number of hydroxylamine groups is 2. The molecule has 2 heterocycles. The van der Waals surface area contributed by atoms with Crippen molar-refractivity contribution in [2.45, 2.75) is 44.0 Å². The van der Waals surface area contributed by atoms with Crippen molar-refractivity contribution in [2.24, 2.45) is 5.92 Å². The zero-order valence-electron chi connectivity index (χ0n) is 14.1. The molecule has 24 heavy (non-hydrogen) atoms. The minimum atomic E-state index is -0.154.